The van der Waals surface area contributed by atoms with Gasteiger partial charge in [-0.15, -0.1) is 10.1 Å². The lowest BCUT2D eigenvalue weighted by Crippen LogP contribution is -2.68. The average Bonchev–Trinajstić information content (AvgIpc) is 2.75. The zero-order valence-corrected chi connectivity index (χ0v) is 19.3. The Morgan fingerprint density at radius 3 is 2.37 bits per heavy atom. The highest BCUT2D eigenvalue weighted by Gasteiger charge is 2.68. The molecule has 35 heavy (non-hydrogen) atoms. The number of carbonyl (C=O) groups is 3. The Morgan fingerprint density at radius 1 is 1.20 bits per heavy atom. The first kappa shape index (κ1) is 24.4. The maximum atomic E-state index is 13.5. The van der Waals surface area contributed by atoms with Crippen LogP contribution in [0.5, 0.6) is 5.75 Å². The fourth-order valence-corrected chi connectivity index (χ4v) is 5.88. The summed E-state index contributed by atoms with van der Waals surface area (Å²) < 4.78 is 0. The van der Waals surface area contributed by atoms with Crippen molar-refractivity contribution in [2.75, 3.05) is 14.1 Å². The summed E-state index contributed by atoms with van der Waals surface area (Å²) in [6.45, 7) is 2.57. The quantitative estimate of drug-likeness (QED) is 0.269. The van der Waals surface area contributed by atoms with Gasteiger partial charge in [0.15, 0.2) is 17.2 Å². The van der Waals surface area contributed by atoms with E-state index in [1.165, 1.54) is 37.2 Å². The van der Waals surface area contributed by atoms with Gasteiger partial charge in [0.05, 0.1) is 17.5 Å². The summed E-state index contributed by atoms with van der Waals surface area (Å²) in [5.74, 6) is -9.19. The summed E-state index contributed by atoms with van der Waals surface area (Å²) in [5, 5.41) is 54.7. The van der Waals surface area contributed by atoms with Crippen LogP contribution < -0.4 is 0 Å². The smallest absolute Gasteiger partial charge is 0.294 e. The SMILES string of the molecule is CC(=O)C1=C(O)[C@@H](N(C)C)[C@@H]2C(O[N+](=O)[O-])[C@H]3C(=C(O)[C@]2(O)C1=O)C(=O)c1c(O)cccc1[C@@H]3C. The summed E-state index contributed by atoms with van der Waals surface area (Å²) >= 11 is 0. The van der Waals surface area contributed by atoms with Gasteiger partial charge < -0.3 is 25.3 Å². The number of carbonyl (C=O) groups excluding carboxylic acids is 3. The summed E-state index contributed by atoms with van der Waals surface area (Å²) in [6.07, 6.45) is -1.71. The van der Waals surface area contributed by atoms with Crippen LogP contribution in [0.1, 0.15) is 35.7 Å². The van der Waals surface area contributed by atoms with Gasteiger partial charge in [0.25, 0.3) is 5.09 Å². The molecular weight excluding hydrogens is 464 g/mol. The topological polar surface area (TPSA) is 188 Å². The monoisotopic (exact) mass is 488 g/mol. The lowest BCUT2D eigenvalue weighted by atomic mass is 9.55. The van der Waals surface area contributed by atoms with E-state index < -0.39 is 86.4 Å². The standard InChI is InChI=1S/C23H24N2O10/c1-8-10-6-5-7-11(27)14(10)18(28)15-12(8)20(35-25(33)34)16-17(24(3)4)19(29)13(9(2)26)21(30)23(16,32)22(15)31/h5-8,12,16-17,20,27,29,31-32H,1-4H3/t8-,12+,16+,17-,20?,23+/m0/s1. The highest BCUT2D eigenvalue weighted by atomic mass is 17.0. The number of likely N-dealkylation sites (N-methyl/N-ethyl adjacent to an activating group) is 1. The van der Waals surface area contributed by atoms with Crippen LogP contribution in [0.25, 0.3) is 0 Å². The minimum absolute atomic E-state index is 0.183. The number of phenols is 1. The average molecular weight is 488 g/mol. The summed E-state index contributed by atoms with van der Waals surface area (Å²) in [6, 6.07) is 2.89. The van der Waals surface area contributed by atoms with Crippen molar-refractivity contribution >= 4 is 17.3 Å². The van der Waals surface area contributed by atoms with E-state index in [-0.39, 0.29) is 5.56 Å². The molecule has 1 aromatic rings. The number of ketones is 3. The maximum Gasteiger partial charge on any atom is 0.294 e. The van der Waals surface area contributed by atoms with Crippen LogP contribution >= 0.6 is 0 Å². The molecule has 186 valence electrons. The Labute approximate surface area is 198 Å². The van der Waals surface area contributed by atoms with E-state index in [1.54, 1.807) is 6.92 Å². The maximum absolute atomic E-state index is 13.5. The Hall–Kier alpha value is -3.77. The molecule has 0 spiro atoms. The highest BCUT2D eigenvalue weighted by Crippen LogP contribution is 2.56. The van der Waals surface area contributed by atoms with Crippen molar-refractivity contribution in [2.24, 2.45) is 11.8 Å². The molecule has 0 aromatic heterocycles. The second-order valence-electron chi connectivity index (χ2n) is 9.29. The summed E-state index contributed by atoms with van der Waals surface area (Å²) in [4.78, 5) is 57.1. The number of benzene rings is 1. The van der Waals surface area contributed by atoms with Gasteiger partial charge in [-0.2, -0.15) is 0 Å². The largest absolute Gasteiger partial charge is 0.510 e. The third-order valence-corrected chi connectivity index (χ3v) is 7.28. The van der Waals surface area contributed by atoms with E-state index in [0.717, 1.165) is 6.92 Å². The van der Waals surface area contributed by atoms with Crippen molar-refractivity contribution < 1.29 is 44.7 Å². The predicted octanol–water partition coefficient (Wildman–Crippen LogP) is 0.972. The molecule has 6 atom stereocenters. The molecule has 0 heterocycles. The number of phenolic OH excluding ortho intramolecular Hbond substituents is 1. The molecule has 4 rings (SSSR count). The van der Waals surface area contributed by atoms with E-state index in [9.17, 15) is 44.9 Å². The number of aliphatic hydroxyl groups is 3. The zero-order valence-electron chi connectivity index (χ0n) is 19.3. The summed E-state index contributed by atoms with van der Waals surface area (Å²) in [7, 11) is 2.88. The van der Waals surface area contributed by atoms with Gasteiger partial charge in [-0.3, -0.25) is 19.3 Å². The second kappa shape index (κ2) is 7.89. The molecule has 1 unspecified atom stereocenters. The molecule has 0 saturated carbocycles. The first-order valence-corrected chi connectivity index (χ1v) is 10.8. The Morgan fingerprint density at radius 2 is 1.83 bits per heavy atom. The van der Waals surface area contributed by atoms with Gasteiger partial charge in [0.2, 0.25) is 5.78 Å². The predicted molar refractivity (Wildman–Crippen MR) is 117 cm³/mol. The molecule has 3 aliphatic carbocycles. The minimum atomic E-state index is -3.01. The number of hydrogen-bond acceptors (Lipinski definition) is 11. The van der Waals surface area contributed by atoms with Crippen molar-refractivity contribution in [1.82, 2.24) is 4.90 Å². The lowest BCUT2D eigenvalue weighted by molar-refractivity contribution is -0.773. The first-order valence-electron chi connectivity index (χ1n) is 10.8. The molecule has 3 aliphatic rings. The van der Waals surface area contributed by atoms with Crippen LogP contribution in [0, 0.1) is 22.0 Å². The van der Waals surface area contributed by atoms with Crippen LogP contribution in [0.3, 0.4) is 0 Å². The summed E-state index contributed by atoms with van der Waals surface area (Å²) in [5.41, 5.74) is -4.20. The van der Waals surface area contributed by atoms with Crippen LogP contribution in [0.2, 0.25) is 0 Å². The van der Waals surface area contributed by atoms with Crippen molar-refractivity contribution in [1.29, 1.82) is 0 Å². The van der Waals surface area contributed by atoms with Crippen molar-refractivity contribution in [3.05, 3.63) is 62.1 Å². The number of Topliss-reactive ketones (excluding diaryl/α,β-unsaturated/α-hetero) is 3. The first-order chi connectivity index (χ1) is 16.3. The van der Waals surface area contributed by atoms with Gasteiger partial charge in [-0.1, -0.05) is 19.1 Å². The lowest BCUT2D eigenvalue weighted by Gasteiger charge is -2.54. The number of fused-ring (bicyclic) bond motifs is 3. The van der Waals surface area contributed by atoms with Gasteiger partial charge in [-0.05, 0) is 38.6 Å². The fraction of sp³-hybridized carbons (Fsp3) is 0.435. The van der Waals surface area contributed by atoms with Crippen LogP contribution in [0.4, 0.5) is 0 Å². The zero-order chi connectivity index (χ0) is 26.1. The molecule has 0 aliphatic heterocycles. The second-order valence-corrected chi connectivity index (χ2v) is 9.29. The molecule has 0 bridgehead atoms. The number of hydrogen-bond donors (Lipinski definition) is 4. The molecule has 0 radical (unpaired) electrons. The Kier molecular flexibility index (Phi) is 5.49. The van der Waals surface area contributed by atoms with Gasteiger partial charge in [0.1, 0.15) is 28.9 Å². The fourth-order valence-electron chi connectivity index (χ4n) is 5.88. The normalized spacial score (nSPS) is 32.2. The molecule has 12 heteroatoms. The van der Waals surface area contributed by atoms with E-state index >= 15 is 0 Å². The van der Waals surface area contributed by atoms with Crippen LogP contribution in [0.15, 0.2) is 40.9 Å². The van der Waals surface area contributed by atoms with E-state index in [2.05, 4.69) is 0 Å². The molecule has 0 amide bonds. The number of aliphatic hydroxyl groups excluding tert-OH is 2. The van der Waals surface area contributed by atoms with Gasteiger partial charge >= 0.3 is 0 Å². The van der Waals surface area contributed by atoms with Gasteiger partial charge in [0, 0.05) is 11.5 Å². The number of aromatic hydroxyl groups is 1. The van der Waals surface area contributed by atoms with Crippen molar-refractivity contribution in [3.8, 4) is 5.75 Å². The molecule has 4 N–H and O–H groups in total. The highest BCUT2D eigenvalue weighted by molar-refractivity contribution is 6.25. The van der Waals surface area contributed by atoms with Gasteiger partial charge in [-0.25, -0.2) is 0 Å². The van der Waals surface area contributed by atoms with Crippen LogP contribution in [-0.2, 0) is 14.4 Å². The molecule has 12 nitrogen and oxygen atoms in total. The molecule has 0 saturated heterocycles. The van der Waals surface area contributed by atoms with Crippen molar-refractivity contribution in [3.63, 3.8) is 0 Å². The molecule has 0 fully saturated rings. The minimum Gasteiger partial charge on any atom is -0.510 e. The Bertz CT molecular complexity index is 1250. The van der Waals surface area contributed by atoms with Crippen molar-refractivity contribution in [2.45, 2.75) is 37.5 Å². The van der Waals surface area contributed by atoms with E-state index in [1.807, 2.05) is 0 Å². The number of rotatable bonds is 4. The third-order valence-electron chi connectivity index (χ3n) is 7.28. The molecule has 1 aromatic carbocycles. The Balaban J connectivity index is 2.11. The molecular formula is C23H24N2O10. The third kappa shape index (κ3) is 3.09. The van der Waals surface area contributed by atoms with E-state index in [0.29, 0.717) is 5.56 Å². The number of nitrogens with zero attached hydrogens (tertiary/aromatic N) is 2. The van der Waals surface area contributed by atoms with E-state index in [4.69, 9.17) is 4.84 Å². The van der Waals surface area contributed by atoms with Crippen LogP contribution in [-0.4, -0.2) is 79.6 Å².